The Labute approximate surface area is 202 Å². The van der Waals surface area contributed by atoms with E-state index in [-0.39, 0.29) is 24.7 Å². The number of hydrogen-bond donors (Lipinski definition) is 1. The smallest absolute Gasteiger partial charge is 0.372 e. The van der Waals surface area contributed by atoms with Gasteiger partial charge in [0.25, 0.3) is 5.91 Å². The van der Waals surface area contributed by atoms with E-state index >= 15 is 0 Å². The summed E-state index contributed by atoms with van der Waals surface area (Å²) in [6.45, 7) is 3.93. The molecule has 2 aromatic rings. The molecule has 3 heterocycles. The molecule has 5 rings (SSSR count). The summed E-state index contributed by atoms with van der Waals surface area (Å²) >= 11 is 0. The lowest BCUT2D eigenvalue weighted by molar-refractivity contribution is -0.137. The fraction of sp³-hybridized carbons (Fsp3) is 0.462. The Morgan fingerprint density at radius 3 is 2.77 bits per heavy atom. The molecule has 0 aliphatic carbocycles. The van der Waals surface area contributed by atoms with Gasteiger partial charge in [-0.05, 0) is 68.0 Å². The molecule has 2 fully saturated rings. The van der Waals surface area contributed by atoms with E-state index in [0.717, 1.165) is 61.2 Å². The highest BCUT2D eigenvalue weighted by atomic mass is 19.4. The molecule has 3 aliphatic heterocycles. The van der Waals surface area contributed by atoms with Crippen LogP contribution >= 0.6 is 0 Å². The maximum atomic E-state index is 13.4. The number of alkyl halides is 3. The van der Waals surface area contributed by atoms with Crippen LogP contribution in [0.4, 0.5) is 18.9 Å². The van der Waals surface area contributed by atoms with Crippen molar-refractivity contribution in [1.82, 2.24) is 9.80 Å². The first-order valence-corrected chi connectivity index (χ1v) is 12.0. The van der Waals surface area contributed by atoms with Gasteiger partial charge in [0.15, 0.2) is 5.96 Å². The summed E-state index contributed by atoms with van der Waals surface area (Å²) < 4.78 is 44.9. The number of piperidine rings is 1. The van der Waals surface area contributed by atoms with Crippen LogP contribution in [0.15, 0.2) is 41.4 Å². The molecule has 0 radical (unpaired) electrons. The lowest BCUT2D eigenvalue weighted by Gasteiger charge is -2.34. The predicted molar refractivity (Wildman–Crippen MR) is 126 cm³/mol. The van der Waals surface area contributed by atoms with Crippen molar-refractivity contribution in [3.05, 3.63) is 64.2 Å². The molecule has 0 unspecified atom stereocenters. The standard InChI is InChI=1S/C26H29F3N4O2/c1-16-11-18(13-21-22-8-4-10-33(22)25(30)31-23(16)21)24(34)32-9-3-7-20(14-32)35-15-17-5-2-6-19(12-17)26(27,28)29/h2,5-6,11-13,20,22H,3-4,7-10,14-15H2,1H3,(H2,30,31)/t20-,22+/m0/s1. The molecular weight excluding hydrogens is 457 g/mol. The van der Waals surface area contributed by atoms with Gasteiger partial charge in [-0.3, -0.25) is 4.79 Å². The molecule has 0 bridgehead atoms. The summed E-state index contributed by atoms with van der Waals surface area (Å²) in [4.78, 5) is 21.9. The highest BCUT2D eigenvalue weighted by molar-refractivity contribution is 5.96. The monoisotopic (exact) mass is 486 g/mol. The van der Waals surface area contributed by atoms with Crippen LogP contribution in [0.3, 0.4) is 0 Å². The lowest BCUT2D eigenvalue weighted by atomic mass is 9.94. The van der Waals surface area contributed by atoms with Gasteiger partial charge in [-0.25, -0.2) is 4.99 Å². The van der Waals surface area contributed by atoms with Crippen LogP contribution in [0.2, 0.25) is 0 Å². The van der Waals surface area contributed by atoms with Crippen LogP contribution in [0, 0.1) is 6.92 Å². The summed E-state index contributed by atoms with van der Waals surface area (Å²) in [5.41, 5.74) is 9.41. The average Bonchev–Trinajstić information content (AvgIpc) is 3.34. The predicted octanol–water partition coefficient (Wildman–Crippen LogP) is 4.93. The average molecular weight is 487 g/mol. The first-order chi connectivity index (χ1) is 16.7. The zero-order valence-corrected chi connectivity index (χ0v) is 19.6. The number of hydrogen-bond acceptors (Lipinski definition) is 5. The van der Waals surface area contributed by atoms with Gasteiger partial charge in [0.1, 0.15) is 0 Å². The van der Waals surface area contributed by atoms with Crippen molar-refractivity contribution < 1.29 is 22.7 Å². The van der Waals surface area contributed by atoms with E-state index in [0.29, 0.717) is 30.2 Å². The first-order valence-electron chi connectivity index (χ1n) is 12.0. The number of guanidine groups is 1. The number of carbonyl (C=O) groups excluding carboxylic acids is 1. The number of ether oxygens (including phenoxy) is 1. The number of amides is 1. The van der Waals surface area contributed by atoms with Gasteiger partial charge in [0.2, 0.25) is 0 Å². The summed E-state index contributed by atoms with van der Waals surface area (Å²) in [6.07, 6.45) is -1.05. The SMILES string of the molecule is Cc1cc(C(=O)N2CCC[C@H](OCc3cccc(C(F)(F)F)c3)C2)cc2c1N=C(N)N1CCC[C@H]21. The number of benzene rings is 2. The molecule has 2 atom stereocenters. The minimum atomic E-state index is -4.39. The quantitative estimate of drug-likeness (QED) is 0.665. The fourth-order valence-electron chi connectivity index (χ4n) is 5.37. The number of aliphatic imine (C=N–C) groups is 1. The Bertz CT molecular complexity index is 1160. The molecule has 0 spiro atoms. The highest BCUT2D eigenvalue weighted by Crippen LogP contribution is 2.42. The van der Waals surface area contributed by atoms with Gasteiger partial charge in [0, 0.05) is 30.8 Å². The van der Waals surface area contributed by atoms with Crippen LogP contribution in [-0.4, -0.2) is 47.4 Å². The topological polar surface area (TPSA) is 71.2 Å². The summed E-state index contributed by atoms with van der Waals surface area (Å²) in [5, 5.41) is 0. The van der Waals surface area contributed by atoms with Crippen molar-refractivity contribution in [2.24, 2.45) is 10.7 Å². The van der Waals surface area contributed by atoms with E-state index in [1.165, 1.54) is 6.07 Å². The normalized spacial score (nSPS) is 22.0. The number of carbonyl (C=O) groups is 1. The third kappa shape index (κ3) is 4.74. The van der Waals surface area contributed by atoms with Gasteiger partial charge in [0.05, 0.1) is 30.0 Å². The van der Waals surface area contributed by atoms with Crippen molar-refractivity contribution in [3.63, 3.8) is 0 Å². The van der Waals surface area contributed by atoms with Crippen molar-refractivity contribution in [2.75, 3.05) is 19.6 Å². The van der Waals surface area contributed by atoms with Crippen molar-refractivity contribution >= 4 is 17.6 Å². The molecule has 1 amide bonds. The lowest BCUT2D eigenvalue weighted by Crippen LogP contribution is -2.43. The minimum Gasteiger partial charge on any atom is -0.372 e. The zero-order valence-electron chi connectivity index (χ0n) is 19.6. The molecule has 2 saturated heterocycles. The number of nitrogens with two attached hydrogens (primary N) is 1. The third-order valence-corrected chi connectivity index (χ3v) is 7.11. The fourth-order valence-corrected chi connectivity index (χ4v) is 5.37. The van der Waals surface area contributed by atoms with Gasteiger partial charge < -0.3 is 20.3 Å². The maximum Gasteiger partial charge on any atom is 0.416 e. The van der Waals surface area contributed by atoms with Crippen LogP contribution in [0.5, 0.6) is 0 Å². The van der Waals surface area contributed by atoms with E-state index in [4.69, 9.17) is 10.5 Å². The number of rotatable bonds is 4. The second-order valence-electron chi connectivity index (χ2n) is 9.58. The zero-order chi connectivity index (χ0) is 24.7. The van der Waals surface area contributed by atoms with Gasteiger partial charge in [-0.15, -0.1) is 0 Å². The minimum absolute atomic E-state index is 0.0599. The Kier molecular flexibility index (Phi) is 6.21. The van der Waals surface area contributed by atoms with E-state index in [9.17, 15) is 18.0 Å². The van der Waals surface area contributed by atoms with E-state index < -0.39 is 11.7 Å². The summed E-state index contributed by atoms with van der Waals surface area (Å²) in [7, 11) is 0. The Hall–Kier alpha value is -3.07. The number of aryl methyl sites for hydroxylation is 1. The maximum absolute atomic E-state index is 13.4. The van der Waals surface area contributed by atoms with Crippen LogP contribution in [0.25, 0.3) is 0 Å². The van der Waals surface area contributed by atoms with E-state index in [1.807, 2.05) is 19.1 Å². The highest BCUT2D eigenvalue weighted by Gasteiger charge is 2.35. The number of halogens is 3. The number of nitrogens with zero attached hydrogens (tertiary/aromatic N) is 3. The van der Waals surface area contributed by atoms with E-state index in [2.05, 4.69) is 9.89 Å². The largest absolute Gasteiger partial charge is 0.416 e. The Morgan fingerprint density at radius 1 is 1.17 bits per heavy atom. The van der Waals surface area contributed by atoms with E-state index in [1.54, 1.807) is 11.0 Å². The first kappa shape index (κ1) is 23.7. The molecule has 2 N–H and O–H groups in total. The summed E-state index contributed by atoms with van der Waals surface area (Å²) in [6, 6.07) is 9.15. The van der Waals surface area contributed by atoms with Crippen LogP contribution < -0.4 is 5.73 Å². The molecule has 2 aromatic carbocycles. The molecule has 9 heteroatoms. The molecule has 186 valence electrons. The molecule has 35 heavy (non-hydrogen) atoms. The second kappa shape index (κ2) is 9.18. The molecular formula is C26H29F3N4O2. The summed E-state index contributed by atoms with van der Waals surface area (Å²) in [5.74, 6) is 0.481. The number of likely N-dealkylation sites (tertiary alicyclic amines) is 1. The molecule has 0 saturated carbocycles. The van der Waals surface area contributed by atoms with Crippen LogP contribution in [0.1, 0.15) is 64.3 Å². The van der Waals surface area contributed by atoms with Gasteiger partial charge in [-0.2, -0.15) is 13.2 Å². The second-order valence-corrected chi connectivity index (χ2v) is 9.58. The Morgan fingerprint density at radius 2 is 1.97 bits per heavy atom. The van der Waals surface area contributed by atoms with Crippen molar-refractivity contribution in [3.8, 4) is 0 Å². The molecule has 6 nitrogen and oxygen atoms in total. The van der Waals surface area contributed by atoms with Gasteiger partial charge >= 0.3 is 6.18 Å². The number of fused-ring (bicyclic) bond motifs is 3. The van der Waals surface area contributed by atoms with Crippen molar-refractivity contribution in [2.45, 2.75) is 57.5 Å². The molecule has 3 aliphatic rings. The molecule has 0 aromatic heterocycles. The van der Waals surface area contributed by atoms with Gasteiger partial charge in [-0.1, -0.05) is 12.1 Å². The van der Waals surface area contributed by atoms with Crippen molar-refractivity contribution in [1.29, 1.82) is 0 Å². The Balaban J connectivity index is 1.28. The third-order valence-electron chi connectivity index (χ3n) is 7.11. The van der Waals surface area contributed by atoms with Crippen LogP contribution in [-0.2, 0) is 17.5 Å².